The van der Waals surface area contributed by atoms with Crippen molar-refractivity contribution in [3.63, 3.8) is 0 Å². The van der Waals surface area contributed by atoms with Crippen molar-refractivity contribution in [1.82, 2.24) is 9.62 Å². The number of sulfonamides is 1. The number of nitrogens with zero attached hydrogens (tertiary/aromatic N) is 1. The van der Waals surface area contributed by atoms with Crippen LogP contribution in [0.15, 0.2) is 83.8 Å². The van der Waals surface area contributed by atoms with E-state index in [9.17, 15) is 18.0 Å². The quantitative estimate of drug-likeness (QED) is 0.484. The summed E-state index contributed by atoms with van der Waals surface area (Å²) >= 11 is 0. The van der Waals surface area contributed by atoms with Gasteiger partial charge in [-0.25, -0.2) is 13.1 Å². The van der Waals surface area contributed by atoms with E-state index in [-0.39, 0.29) is 35.7 Å². The Morgan fingerprint density at radius 1 is 0.848 bits per heavy atom. The van der Waals surface area contributed by atoms with Crippen LogP contribution in [0.2, 0.25) is 0 Å². The molecule has 3 aromatic carbocycles. The van der Waals surface area contributed by atoms with Gasteiger partial charge in [-0.1, -0.05) is 66.2 Å². The molecule has 0 heterocycles. The van der Waals surface area contributed by atoms with Gasteiger partial charge in [0.1, 0.15) is 0 Å². The van der Waals surface area contributed by atoms with E-state index in [4.69, 9.17) is 0 Å². The number of amides is 1. The minimum absolute atomic E-state index is 0.0505. The average Bonchev–Trinajstić information content (AvgIpc) is 2.81. The Bertz CT molecular complexity index is 1220. The van der Waals surface area contributed by atoms with E-state index >= 15 is 0 Å². The van der Waals surface area contributed by atoms with Gasteiger partial charge in [-0.05, 0) is 39.0 Å². The molecule has 1 N–H and O–H groups in total. The summed E-state index contributed by atoms with van der Waals surface area (Å²) in [6, 6.07) is 21.9. The van der Waals surface area contributed by atoms with E-state index in [1.54, 1.807) is 77.7 Å². The van der Waals surface area contributed by atoms with Gasteiger partial charge in [0, 0.05) is 30.3 Å². The van der Waals surface area contributed by atoms with Crippen molar-refractivity contribution in [1.29, 1.82) is 0 Å². The van der Waals surface area contributed by atoms with Gasteiger partial charge in [-0.15, -0.1) is 0 Å². The summed E-state index contributed by atoms with van der Waals surface area (Å²) < 4.78 is 27.7. The number of rotatable bonds is 9. The number of benzene rings is 3. The fourth-order valence-electron chi connectivity index (χ4n) is 3.46. The average molecular weight is 465 g/mol. The molecule has 0 atom stereocenters. The van der Waals surface area contributed by atoms with E-state index in [0.717, 1.165) is 5.56 Å². The molecule has 3 aromatic rings. The summed E-state index contributed by atoms with van der Waals surface area (Å²) in [7, 11) is -3.69. The molecule has 0 fully saturated rings. The van der Waals surface area contributed by atoms with E-state index in [1.165, 1.54) is 0 Å². The number of ketones is 1. The number of hydrogen-bond acceptors (Lipinski definition) is 4. The summed E-state index contributed by atoms with van der Waals surface area (Å²) in [6.45, 7) is 5.81. The van der Waals surface area contributed by atoms with Crippen LogP contribution in [0.5, 0.6) is 0 Å². The third-order valence-corrected chi connectivity index (χ3v) is 6.78. The highest BCUT2D eigenvalue weighted by molar-refractivity contribution is 7.89. The van der Waals surface area contributed by atoms with Crippen molar-refractivity contribution < 1.29 is 18.0 Å². The molecule has 0 unspecified atom stereocenters. The normalized spacial score (nSPS) is 11.4. The summed E-state index contributed by atoms with van der Waals surface area (Å²) in [5.74, 6) is -0.553. The first-order valence-corrected chi connectivity index (χ1v) is 12.2. The molecule has 0 aliphatic rings. The first kappa shape index (κ1) is 24.4. The second-order valence-corrected chi connectivity index (χ2v) is 9.81. The molecule has 33 heavy (non-hydrogen) atoms. The summed E-state index contributed by atoms with van der Waals surface area (Å²) in [5, 5.41) is 0. The molecule has 0 aliphatic heterocycles. The maximum atomic E-state index is 13.4. The molecule has 1 amide bonds. The summed E-state index contributed by atoms with van der Waals surface area (Å²) in [6.07, 6.45) is 0. The lowest BCUT2D eigenvalue weighted by Gasteiger charge is -2.27. The van der Waals surface area contributed by atoms with Crippen LogP contribution in [-0.2, 0) is 10.0 Å². The number of aryl methyl sites for hydroxylation is 1. The Labute approximate surface area is 195 Å². The SMILES string of the molecule is Cc1ccc(S(=O)(=O)NCCN(C(=O)c2ccccc2C(=O)c2ccccc2)C(C)C)cc1. The Morgan fingerprint density at radius 3 is 2.03 bits per heavy atom. The topological polar surface area (TPSA) is 83.6 Å². The molecule has 0 aliphatic carbocycles. The predicted molar refractivity (Wildman–Crippen MR) is 129 cm³/mol. The molecule has 7 heteroatoms. The molecule has 0 spiro atoms. The van der Waals surface area contributed by atoms with Crippen molar-refractivity contribution >= 4 is 21.7 Å². The molecule has 0 bridgehead atoms. The Morgan fingerprint density at radius 2 is 1.42 bits per heavy atom. The van der Waals surface area contributed by atoms with Crippen molar-refractivity contribution in [2.24, 2.45) is 0 Å². The lowest BCUT2D eigenvalue weighted by atomic mass is 9.97. The number of carbonyl (C=O) groups is 2. The zero-order chi connectivity index (χ0) is 24.0. The minimum Gasteiger partial charge on any atom is -0.335 e. The Kier molecular flexibility index (Phi) is 7.79. The van der Waals surface area contributed by atoms with Crippen LogP contribution >= 0.6 is 0 Å². The van der Waals surface area contributed by atoms with Crippen molar-refractivity contribution in [2.45, 2.75) is 31.7 Å². The van der Waals surface area contributed by atoms with Gasteiger partial charge in [0.25, 0.3) is 5.91 Å². The first-order chi connectivity index (χ1) is 15.7. The van der Waals surface area contributed by atoms with Gasteiger partial charge in [0.15, 0.2) is 5.78 Å². The second-order valence-electron chi connectivity index (χ2n) is 8.04. The van der Waals surface area contributed by atoms with Gasteiger partial charge in [-0.2, -0.15) is 0 Å². The summed E-state index contributed by atoms with van der Waals surface area (Å²) in [5.41, 5.74) is 2.08. The van der Waals surface area contributed by atoms with Crippen LogP contribution in [0.4, 0.5) is 0 Å². The zero-order valence-corrected chi connectivity index (χ0v) is 19.8. The molecule has 0 aromatic heterocycles. The standard InChI is InChI=1S/C26H28N2O4S/c1-19(2)28(18-17-27-33(31,32)22-15-13-20(3)14-16-22)26(30)24-12-8-7-11-23(24)25(29)21-9-5-4-6-10-21/h4-16,19,27H,17-18H2,1-3H3. The van der Waals surface area contributed by atoms with Crippen LogP contribution in [0.3, 0.4) is 0 Å². The van der Waals surface area contributed by atoms with Crippen LogP contribution in [0, 0.1) is 6.92 Å². The van der Waals surface area contributed by atoms with Gasteiger partial charge < -0.3 is 4.90 Å². The number of carbonyl (C=O) groups excluding carboxylic acids is 2. The molecule has 0 radical (unpaired) electrons. The zero-order valence-electron chi connectivity index (χ0n) is 19.0. The molecule has 6 nitrogen and oxygen atoms in total. The monoisotopic (exact) mass is 464 g/mol. The highest BCUT2D eigenvalue weighted by Gasteiger charge is 2.24. The van der Waals surface area contributed by atoms with Crippen LogP contribution < -0.4 is 4.72 Å². The van der Waals surface area contributed by atoms with Crippen molar-refractivity contribution in [3.05, 3.63) is 101 Å². The van der Waals surface area contributed by atoms with Crippen molar-refractivity contribution in [2.75, 3.05) is 13.1 Å². The maximum Gasteiger partial charge on any atom is 0.254 e. The van der Waals surface area contributed by atoms with Gasteiger partial charge in [0.2, 0.25) is 10.0 Å². The van der Waals surface area contributed by atoms with E-state index in [1.807, 2.05) is 26.8 Å². The lowest BCUT2D eigenvalue weighted by Crippen LogP contribution is -2.42. The maximum absolute atomic E-state index is 13.4. The fraction of sp³-hybridized carbons (Fsp3) is 0.231. The number of hydrogen-bond donors (Lipinski definition) is 1. The molecule has 0 saturated heterocycles. The van der Waals surface area contributed by atoms with Crippen molar-refractivity contribution in [3.8, 4) is 0 Å². The fourth-order valence-corrected chi connectivity index (χ4v) is 4.48. The predicted octanol–water partition coefficient (Wildman–Crippen LogP) is 4.06. The van der Waals surface area contributed by atoms with E-state index < -0.39 is 10.0 Å². The van der Waals surface area contributed by atoms with Crippen LogP contribution in [0.1, 0.15) is 45.7 Å². The van der Waals surface area contributed by atoms with Gasteiger partial charge in [-0.3, -0.25) is 9.59 Å². The van der Waals surface area contributed by atoms with Crippen LogP contribution in [-0.4, -0.2) is 44.1 Å². The van der Waals surface area contributed by atoms with Gasteiger partial charge >= 0.3 is 0 Å². The lowest BCUT2D eigenvalue weighted by molar-refractivity contribution is 0.0706. The second kappa shape index (κ2) is 10.6. The van der Waals surface area contributed by atoms with E-state index in [0.29, 0.717) is 16.7 Å². The van der Waals surface area contributed by atoms with Gasteiger partial charge in [0.05, 0.1) is 10.5 Å². The third kappa shape index (κ3) is 5.94. The Balaban J connectivity index is 1.77. The third-order valence-electron chi connectivity index (χ3n) is 5.30. The minimum atomic E-state index is -3.69. The molecular weight excluding hydrogens is 436 g/mol. The number of nitrogens with one attached hydrogen (secondary N) is 1. The van der Waals surface area contributed by atoms with E-state index in [2.05, 4.69) is 4.72 Å². The molecule has 3 rings (SSSR count). The largest absolute Gasteiger partial charge is 0.335 e. The highest BCUT2D eigenvalue weighted by atomic mass is 32.2. The molecular formula is C26H28N2O4S. The highest BCUT2D eigenvalue weighted by Crippen LogP contribution is 2.18. The smallest absolute Gasteiger partial charge is 0.254 e. The first-order valence-electron chi connectivity index (χ1n) is 10.8. The Hall–Kier alpha value is -3.29. The van der Waals surface area contributed by atoms with Crippen LogP contribution in [0.25, 0.3) is 0 Å². The molecule has 172 valence electrons. The summed E-state index contributed by atoms with van der Waals surface area (Å²) in [4.78, 5) is 28.2. The molecule has 0 saturated carbocycles.